The summed E-state index contributed by atoms with van der Waals surface area (Å²) in [6.45, 7) is 0. The summed E-state index contributed by atoms with van der Waals surface area (Å²) in [5, 5.41) is 8.08. The number of aromatic nitrogens is 2. The molecule has 1 amide bonds. The molecule has 1 aliphatic heterocycles. The van der Waals surface area contributed by atoms with Crippen LogP contribution in [0.25, 0.3) is 5.69 Å². The number of nitrogens with zero attached hydrogens (tertiary/aromatic N) is 2. The Balaban J connectivity index is 1.81. The van der Waals surface area contributed by atoms with Crippen LogP contribution in [-0.2, 0) is 4.79 Å². The number of nitrogens with one attached hydrogen (secondary N) is 1. The minimum absolute atomic E-state index is 0.00191. The van der Waals surface area contributed by atoms with Crippen molar-refractivity contribution < 1.29 is 4.79 Å². The van der Waals surface area contributed by atoms with E-state index in [0.29, 0.717) is 11.4 Å². The van der Waals surface area contributed by atoms with Gasteiger partial charge in [-0.15, -0.1) is 0 Å². The number of fused-ring (bicyclic) bond motifs is 1. The molecule has 23 heavy (non-hydrogen) atoms. The van der Waals surface area contributed by atoms with E-state index in [9.17, 15) is 4.79 Å². The van der Waals surface area contributed by atoms with Crippen LogP contribution >= 0.6 is 11.6 Å². The zero-order chi connectivity index (χ0) is 15.8. The van der Waals surface area contributed by atoms with Gasteiger partial charge in [-0.3, -0.25) is 4.79 Å². The Morgan fingerprint density at radius 3 is 2.57 bits per heavy atom. The van der Waals surface area contributed by atoms with Crippen molar-refractivity contribution >= 4 is 23.3 Å². The summed E-state index contributed by atoms with van der Waals surface area (Å²) in [7, 11) is 0. The second kappa shape index (κ2) is 5.56. The highest BCUT2D eigenvalue weighted by Gasteiger charge is 2.30. The number of benzene rings is 2. The summed E-state index contributed by atoms with van der Waals surface area (Å²) in [6, 6.07) is 17.4. The van der Waals surface area contributed by atoms with E-state index in [4.69, 9.17) is 11.6 Å². The lowest BCUT2D eigenvalue weighted by atomic mass is 9.87. The number of amides is 1. The maximum Gasteiger partial charge on any atom is 0.226 e. The molecule has 0 bridgehead atoms. The largest absolute Gasteiger partial charge is 0.310 e. The molecule has 1 aliphatic rings. The zero-order valence-corrected chi connectivity index (χ0v) is 13.0. The predicted octanol–water partition coefficient (Wildman–Crippen LogP) is 4.00. The lowest BCUT2D eigenvalue weighted by Crippen LogP contribution is -2.24. The SMILES string of the molecule is O=C1C[C@@H](c2ccccc2)c2cnn(-c3ccc(Cl)cc3)c2N1. The molecule has 1 aromatic heterocycles. The summed E-state index contributed by atoms with van der Waals surface area (Å²) in [5.41, 5.74) is 3.02. The maximum absolute atomic E-state index is 12.2. The van der Waals surface area contributed by atoms with Crippen molar-refractivity contribution in [3.63, 3.8) is 0 Å². The fourth-order valence-electron chi connectivity index (χ4n) is 2.98. The Hall–Kier alpha value is -2.59. The fourth-order valence-corrected chi connectivity index (χ4v) is 3.11. The van der Waals surface area contributed by atoms with Crippen molar-refractivity contribution in [1.82, 2.24) is 9.78 Å². The smallest absolute Gasteiger partial charge is 0.226 e. The van der Waals surface area contributed by atoms with Gasteiger partial charge in [-0.25, -0.2) is 4.68 Å². The molecule has 0 saturated heterocycles. The van der Waals surface area contributed by atoms with Crippen molar-refractivity contribution in [2.24, 2.45) is 0 Å². The molecule has 0 radical (unpaired) electrons. The van der Waals surface area contributed by atoms with Gasteiger partial charge in [0.2, 0.25) is 5.91 Å². The van der Waals surface area contributed by atoms with Crippen LogP contribution in [0, 0.1) is 0 Å². The lowest BCUT2D eigenvalue weighted by molar-refractivity contribution is -0.116. The molecule has 0 aliphatic carbocycles. The monoisotopic (exact) mass is 323 g/mol. The molecular formula is C18H14ClN3O. The zero-order valence-electron chi connectivity index (χ0n) is 12.2. The molecule has 0 spiro atoms. The quantitative estimate of drug-likeness (QED) is 0.775. The normalized spacial score (nSPS) is 16.7. The first kappa shape index (κ1) is 14.0. The Bertz CT molecular complexity index is 856. The molecule has 2 heterocycles. The Morgan fingerprint density at radius 1 is 1.09 bits per heavy atom. The van der Waals surface area contributed by atoms with E-state index in [1.54, 1.807) is 4.68 Å². The highest BCUT2D eigenvalue weighted by Crippen LogP contribution is 2.37. The van der Waals surface area contributed by atoms with Crippen LogP contribution in [0.15, 0.2) is 60.8 Å². The number of halogens is 1. The minimum atomic E-state index is 0.00191. The summed E-state index contributed by atoms with van der Waals surface area (Å²) in [5.74, 6) is 0.764. The average Bonchev–Trinajstić information content (AvgIpc) is 2.99. The van der Waals surface area contributed by atoms with Gasteiger partial charge in [0.15, 0.2) is 0 Å². The van der Waals surface area contributed by atoms with E-state index in [1.807, 2.05) is 60.8 Å². The topological polar surface area (TPSA) is 46.9 Å². The first-order valence-corrected chi connectivity index (χ1v) is 7.79. The Morgan fingerprint density at radius 2 is 1.83 bits per heavy atom. The number of carbonyl (C=O) groups excluding carboxylic acids is 1. The molecule has 5 heteroatoms. The number of rotatable bonds is 2. The number of anilines is 1. The van der Waals surface area contributed by atoms with Gasteiger partial charge >= 0.3 is 0 Å². The Labute approximate surface area is 138 Å². The van der Waals surface area contributed by atoms with E-state index in [2.05, 4.69) is 10.4 Å². The van der Waals surface area contributed by atoms with Crippen LogP contribution in [0.1, 0.15) is 23.5 Å². The summed E-state index contributed by atoms with van der Waals surface area (Å²) in [4.78, 5) is 12.2. The predicted molar refractivity (Wildman–Crippen MR) is 90.1 cm³/mol. The lowest BCUT2D eigenvalue weighted by Gasteiger charge is -2.23. The van der Waals surface area contributed by atoms with Crippen LogP contribution in [0.3, 0.4) is 0 Å². The van der Waals surface area contributed by atoms with Crippen molar-refractivity contribution in [1.29, 1.82) is 0 Å². The first-order chi connectivity index (χ1) is 11.2. The standard InChI is InChI=1S/C18H14ClN3O/c19-13-6-8-14(9-7-13)22-18-16(11-20-22)15(10-17(23)21-18)12-4-2-1-3-5-12/h1-9,11,15H,10H2,(H,21,23)/t15-/m0/s1. The van der Waals surface area contributed by atoms with Crippen LogP contribution < -0.4 is 5.32 Å². The summed E-state index contributed by atoms with van der Waals surface area (Å²) in [6.07, 6.45) is 2.27. The van der Waals surface area contributed by atoms with E-state index in [-0.39, 0.29) is 11.8 Å². The molecule has 1 atom stereocenters. The Kier molecular flexibility index (Phi) is 3.39. The van der Waals surface area contributed by atoms with Crippen molar-refractivity contribution in [3.05, 3.63) is 76.9 Å². The second-order valence-corrected chi connectivity index (χ2v) is 5.99. The number of hydrogen-bond acceptors (Lipinski definition) is 2. The van der Waals surface area contributed by atoms with Crippen molar-refractivity contribution in [2.75, 3.05) is 5.32 Å². The van der Waals surface area contributed by atoms with Crippen LogP contribution in [-0.4, -0.2) is 15.7 Å². The fraction of sp³-hybridized carbons (Fsp3) is 0.111. The van der Waals surface area contributed by atoms with Crippen LogP contribution in [0.5, 0.6) is 0 Å². The molecule has 0 unspecified atom stereocenters. The van der Waals surface area contributed by atoms with Crippen LogP contribution in [0.4, 0.5) is 5.82 Å². The van der Waals surface area contributed by atoms with Gasteiger partial charge < -0.3 is 5.32 Å². The molecule has 4 nitrogen and oxygen atoms in total. The highest BCUT2D eigenvalue weighted by molar-refractivity contribution is 6.30. The van der Waals surface area contributed by atoms with E-state index in [1.165, 1.54) is 0 Å². The molecular weight excluding hydrogens is 310 g/mol. The molecule has 114 valence electrons. The average molecular weight is 324 g/mol. The van der Waals surface area contributed by atoms with Gasteiger partial charge in [0.05, 0.1) is 11.9 Å². The first-order valence-electron chi connectivity index (χ1n) is 7.41. The number of hydrogen-bond donors (Lipinski definition) is 1. The summed E-state index contributed by atoms with van der Waals surface area (Å²) < 4.78 is 1.75. The molecule has 3 aromatic rings. The molecule has 1 N–H and O–H groups in total. The van der Waals surface area contributed by atoms with E-state index < -0.39 is 0 Å². The third kappa shape index (κ3) is 2.51. The van der Waals surface area contributed by atoms with Gasteiger partial charge in [-0.05, 0) is 29.8 Å². The molecule has 4 rings (SSSR count). The van der Waals surface area contributed by atoms with Crippen molar-refractivity contribution in [3.8, 4) is 5.69 Å². The molecule has 0 saturated carbocycles. The maximum atomic E-state index is 12.2. The van der Waals surface area contributed by atoms with Crippen LogP contribution in [0.2, 0.25) is 5.02 Å². The molecule has 2 aromatic carbocycles. The van der Waals surface area contributed by atoms with E-state index in [0.717, 1.165) is 22.6 Å². The third-order valence-electron chi connectivity index (χ3n) is 4.09. The van der Waals surface area contributed by atoms with E-state index >= 15 is 0 Å². The van der Waals surface area contributed by atoms with Gasteiger partial charge in [0, 0.05) is 22.9 Å². The summed E-state index contributed by atoms with van der Waals surface area (Å²) >= 11 is 5.94. The third-order valence-corrected chi connectivity index (χ3v) is 4.35. The van der Waals surface area contributed by atoms with Gasteiger partial charge in [0.25, 0.3) is 0 Å². The minimum Gasteiger partial charge on any atom is -0.310 e. The highest BCUT2D eigenvalue weighted by atomic mass is 35.5. The molecule has 0 fully saturated rings. The van der Waals surface area contributed by atoms with Gasteiger partial charge in [0.1, 0.15) is 5.82 Å². The van der Waals surface area contributed by atoms with Gasteiger partial charge in [-0.2, -0.15) is 5.10 Å². The van der Waals surface area contributed by atoms with Gasteiger partial charge in [-0.1, -0.05) is 41.9 Å². The van der Waals surface area contributed by atoms with Crippen molar-refractivity contribution in [2.45, 2.75) is 12.3 Å². The second-order valence-electron chi connectivity index (χ2n) is 5.55. The number of carbonyl (C=O) groups is 1.